The molecular formula is C34H31N3O8S2. The monoisotopic (exact) mass is 673 g/mol. The molecule has 0 radical (unpaired) electrons. The van der Waals surface area contributed by atoms with Crippen LogP contribution in [0.25, 0.3) is 0 Å². The summed E-state index contributed by atoms with van der Waals surface area (Å²) >= 11 is 2.02. The average Bonchev–Trinajstić information content (AvgIpc) is 3.49. The van der Waals surface area contributed by atoms with Gasteiger partial charge in [-0.2, -0.15) is 0 Å². The number of hydrogen-bond acceptors (Lipinski definition) is 10. The standard InChI is InChI=1S/C34H31N3O8S2/c1-4-44-24-16-20(10-15-23(24)38)26-27-28(31(41)37(30(27)40)22-13-8-19(9-14-22)33(42)45-5-2)46-32-29(26)47-34(43)36(32)17-25(39)35-21-11-6-18(3)7-12-21/h6-16,26-28,38H,4-5,17H2,1-3H3,(H,35,39)/t26-,27?,28?/m0/s1. The highest BCUT2D eigenvalue weighted by Gasteiger charge is 2.57. The van der Waals surface area contributed by atoms with Crippen molar-refractivity contribution in [3.05, 3.63) is 98.0 Å². The molecule has 1 fully saturated rings. The molecule has 1 aromatic heterocycles. The number of rotatable bonds is 9. The zero-order chi connectivity index (χ0) is 33.4. The van der Waals surface area contributed by atoms with Gasteiger partial charge in [-0.3, -0.25) is 23.7 Å². The maximum atomic E-state index is 14.2. The number of esters is 1. The number of ether oxygens (including phenoxy) is 2. The lowest BCUT2D eigenvalue weighted by Gasteiger charge is -2.31. The number of thiazole rings is 1. The molecule has 0 bridgehead atoms. The van der Waals surface area contributed by atoms with Crippen molar-refractivity contribution in [2.75, 3.05) is 23.4 Å². The van der Waals surface area contributed by atoms with E-state index in [1.54, 1.807) is 38.1 Å². The number of fused-ring (bicyclic) bond motifs is 2. The number of carbonyl (C=O) groups is 4. The van der Waals surface area contributed by atoms with Crippen molar-refractivity contribution in [3.63, 3.8) is 0 Å². The molecule has 0 aliphatic carbocycles. The van der Waals surface area contributed by atoms with Crippen LogP contribution in [0.5, 0.6) is 11.5 Å². The summed E-state index contributed by atoms with van der Waals surface area (Å²) in [5, 5.41) is 12.7. The molecule has 3 aromatic carbocycles. The van der Waals surface area contributed by atoms with Crippen molar-refractivity contribution in [3.8, 4) is 11.5 Å². The molecule has 2 aliphatic rings. The Labute approximate surface area is 278 Å². The number of aryl methyl sites for hydroxylation is 1. The number of carbonyl (C=O) groups excluding carboxylic acids is 4. The van der Waals surface area contributed by atoms with Gasteiger partial charge in [0.2, 0.25) is 17.7 Å². The number of thioether (sulfide) groups is 1. The number of nitrogens with one attached hydrogen (secondary N) is 1. The van der Waals surface area contributed by atoms with Crippen LogP contribution < -0.4 is 19.8 Å². The lowest BCUT2D eigenvalue weighted by Crippen LogP contribution is -2.33. The summed E-state index contributed by atoms with van der Waals surface area (Å²) in [6.07, 6.45) is 0. The van der Waals surface area contributed by atoms with E-state index >= 15 is 0 Å². The van der Waals surface area contributed by atoms with Gasteiger partial charge in [-0.1, -0.05) is 46.9 Å². The zero-order valence-electron chi connectivity index (χ0n) is 25.7. The van der Waals surface area contributed by atoms with Crippen LogP contribution in [-0.4, -0.2) is 51.8 Å². The number of hydrogen-bond donors (Lipinski definition) is 2. The van der Waals surface area contributed by atoms with Crippen LogP contribution in [0.2, 0.25) is 0 Å². The largest absolute Gasteiger partial charge is 0.504 e. The Hall–Kier alpha value is -4.88. The quantitative estimate of drug-likeness (QED) is 0.187. The SMILES string of the molecule is CCOC(=O)c1ccc(N2C(=O)C3Sc4c(sc(=O)n4CC(=O)Nc4ccc(C)cc4)[C@@H](c4ccc(O)c(OCC)c4)C3C2=O)cc1. The van der Waals surface area contributed by atoms with Crippen molar-refractivity contribution < 1.29 is 33.8 Å². The molecule has 2 unspecified atom stereocenters. The van der Waals surface area contributed by atoms with E-state index in [4.69, 9.17) is 9.47 Å². The first-order valence-corrected chi connectivity index (χ1v) is 16.7. The minimum absolute atomic E-state index is 0.0896. The lowest BCUT2D eigenvalue weighted by atomic mass is 9.83. The molecule has 4 aromatic rings. The van der Waals surface area contributed by atoms with Crippen LogP contribution in [0.1, 0.15) is 46.1 Å². The molecule has 1 saturated heterocycles. The number of benzene rings is 3. The molecule has 11 nitrogen and oxygen atoms in total. The Kier molecular flexibility index (Phi) is 8.93. The maximum absolute atomic E-state index is 14.2. The highest BCUT2D eigenvalue weighted by molar-refractivity contribution is 8.00. The summed E-state index contributed by atoms with van der Waals surface area (Å²) < 4.78 is 12.0. The Balaban J connectivity index is 1.40. The van der Waals surface area contributed by atoms with E-state index in [9.17, 15) is 29.1 Å². The highest BCUT2D eigenvalue weighted by Crippen LogP contribution is 2.54. The smallest absolute Gasteiger partial charge is 0.338 e. The van der Waals surface area contributed by atoms with Gasteiger partial charge in [0.05, 0.1) is 35.4 Å². The Morgan fingerprint density at radius 3 is 2.34 bits per heavy atom. The molecule has 47 heavy (non-hydrogen) atoms. The van der Waals surface area contributed by atoms with E-state index in [2.05, 4.69) is 5.32 Å². The van der Waals surface area contributed by atoms with Crippen LogP contribution >= 0.6 is 23.1 Å². The van der Waals surface area contributed by atoms with E-state index in [0.29, 0.717) is 26.8 Å². The molecule has 13 heteroatoms. The van der Waals surface area contributed by atoms with Crippen molar-refractivity contribution >= 4 is 58.2 Å². The third-order valence-electron chi connectivity index (χ3n) is 7.97. The van der Waals surface area contributed by atoms with Crippen LogP contribution in [0.15, 0.2) is 76.6 Å². The fourth-order valence-electron chi connectivity index (χ4n) is 5.81. The first kappa shape index (κ1) is 32.1. The molecular weight excluding hydrogens is 643 g/mol. The second kappa shape index (κ2) is 13.1. The van der Waals surface area contributed by atoms with Crippen molar-refractivity contribution in [1.82, 2.24) is 4.57 Å². The second-order valence-electron chi connectivity index (χ2n) is 11.0. The van der Waals surface area contributed by atoms with Crippen molar-refractivity contribution in [2.45, 2.75) is 43.5 Å². The van der Waals surface area contributed by atoms with Crippen LogP contribution in [0, 0.1) is 12.8 Å². The van der Waals surface area contributed by atoms with E-state index in [1.807, 2.05) is 19.1 Å². The predicted octanol–water partition coefficient (Wildman–Crippen LogP) is 4.93. The Morgan fingerprint density at radius 1 is 0.936 bits per heavy atom. The van der Waals surface area contributed by atoms with E-state index < -0.39 is 45.6 Å². The molecule has 3 amide bonds. The number of phenols is 1. The highest BCUT2D eigenvalue weighted by atomic mass is 32.2. The van der Waals surface area contributed by atoms with Crippen molar-refractivity contribution in [2.24, 2.45) is 5.92 Å². The van der Waals surface area contributed by atoms with Crippen LogP contribution in [0.4, 0.5) is 11.4 Å². The van der Waals surface area contributed by atoms with Gasteiger partial charge in [-0.25, -0.2) is 9.69 Å². The van der Waals surface area contributed by atoms with Crippen LogP contribution in [0.3, 0.4) is 0 Å². The van der Waals surface area contributed by atoms with Gasteiger partial charge < -0.3 is 19.9 Å². The number of amides is 3. The van der Waals surface area contributed by atoms with E-state index in [1.165, 1.54) is 34.9 Å². The summed E-state index contributed by atoms with van der Waals surface area (Å²) in [6, 6.07) is 18.0. The van der Waals surface area contributed by atoms with E-state index in [-0.39, 0.29) is 36.8 Å². The number of nitrogens with zero attached hydrogens (tertiary/aromatic N) is 2. The minimum Gasteiger partial charge on any atom is -0.504 e. The fraction of sp³-hybridized carbons (Fsp3) is 0.265. The van der Waals surface area contributed by atoms with Gasteiger partial charge >= 0.3 is 10.8 Å². The molecule has 3 heterocycles. The summed E-state index contributed by atoms with van der Waals surface area (Å²) in [5.74, 6) is -3.44. The molecule has 6 rings (SSSR count). The van der Waals surface area contributed by atoms with Gasteiger partial charge in [-0.15, -0.1) is 0 Å². The van der Waals surface area contributed by atoms with Gasteiger partial charge in [0.1, 0.15) is 11.8 Å². The average molecular weight is 674 g/mol. The topological polar surface area (TPSA) is 144 Å². The summed E-state index contributed by atoms with van der Waals surface area (Å²) in [5.41, 5.74) is 2.75. The third-order valence-corrected chi connectivity index (χ3v) is 10.6. The second-order valence-corrected chi connectivity index (χ2v) is 13.1. The third kappa shape index (κ3) is 6.03. The van der Waals surface area contributed by atoms with Crippen LogP contribution in [-0.2, 0) is 25.7 Å². The normalized spacial score (nSPS) is 18.4. The first-order valence-electron chi connectivity index (χ1n) is 15.0. The fourth-order valence-corrected chi connectivity index (χ4v) is 8.58. The van der Waals surface area contributed by atoms with E-state index in [0.717, 1.165) is 33.6 Å². The molecule has 242 valence electrons. The molecule has 2 aliphatic heterocycles. The lowest BCUT2D eigenvalue weighted by molar-refractivity contribution is -0.122. The number of imide groups is 1. The molecule has 3 atom stereocenters. The maximum Gasteiger partial charge on any atom is 0.338 e. The molecule has 2 N–H and O–H groups in total. The zero-order valence-corrected chi connectivity index (χ0v) is 27.4. The predicted molar refractivity (Wildman–Crippen MR) is 178 cm³/mol. The van der Waals surface area contributed by atoms with Gasteiger partial charge in [0, 0.05) is 16.5 Å². The molecule has 0 saturated carbocycles. The van der Waals surface area contributed by atoms with Gasteiger partial charge in [0.25, 0.3) is 0 Å². The summed E-state index contributed by atoms with van der Waals surface area (Å²) in [6.45, 7) is 5.60. The van der Waals surface area contributed by atoms with Crippen molar-refractivity contribution in [1.29, 1.82) is 0 Å². The number of aromatic nitrogens is 1. The number of anilines is 2. The molecule has 0 spiro atoms. The summed E-state index contributed by atoms with van der Waals surface area (Å²) in [7, 11) is 0. The van der Waals surface area contributed by atoms with Gasteiger partial charge in [0.15, 0.2) is 11.5 Å². The van der Waals surface area contributed by atoms with Gasteiger partial charge in [-0.05, 0) is 74.9 Å². The first-order chi connectivity index (χ1) is 22.6. The Morgan fingerprint density at radius 2 is 1.66 bits per heavy atom. The Bertz CT molecular complexity index is 1930. The summed E-state index contributed by atoms with van der Waals surface area (Å²) in [4.78, 5) is 68.3. The minimum atomic E-state index is -0.922. The number of aromatic hydroxyl groups is 1. The number of phenolic OH excluding ortho intramolecular Hbond substituents is 1.